The summed E-state index contributed by atoms with van der Waals surface area (Å²) in [5.41, 5.74) is 0. The van der Waals surface area contributed by atoms with Crippen LogP contribution in [-0.2, 0) is 17.0 Å². The molecule has 0 saturated carbocycles. The Bertz CT molecular complexity index is 833. The lowest BCUT2D eigenvalue weighted by Gasteiger charge is -2.05. The summed E-state index contributed by atoms with van der Waals surface area (Å²) in [4.78, 5) is -0.470. The van der Waals surface area contributed by atoms with E-state index < -0.39 is 21.8 Å². The van der Waals surface area contributed by atoms with E-state index in [4.69, 9.17) is 20.2 Å². The lowest BCUT2D eigenvalue weighted by atomic mass is 10.3. The van der Waals surface area contributed by atoms with E-state index in [1.165, 1.54) is 25.3 Å². The van der Waals surface area contributed by atoms with Crippen LogP contribution in [-0.4, -0.2) is 31.1 Å². The van der Waals surface area contributed by atoms with Crippen molar-refractivity contribution >= 4 is 27.6 Å². The standard InChI is InChI=1S/C7H7ClO5S2.C7H8O/c1-13-6-4-2-3-5-7(6)14(9,10)15(8,11)12;1-8-7-5-3-2-4-6-7/h2-5H,1H3;2-6H,1H3. The molecular weight excluding hydrogens is 364 g/mol. The van der Waals surface area contributed by atoms with Crippen molar-refractivity contribution in [3.63, 3.8) is 0 Å². The van der Waals surface area contributed by atoms with Crippen LogP contribution in [0.4, 0.5) is 0 Å². The van der Waals surface area contributed by atoms with Gasteiger partial charge in [0.1, 0.15) is 16.4 Å². The summed E-state index contributed by atoms with van der Waals surface area (Å²) in [5, 5.41) is 0. The number of ether oxygens (including phenoxy) is 2. The average Bonchev–Trinajstić information content (AvgIpc) is 2.55. The largest absolute Gasteiger partial charge is 0.497 e. The predicted molar refractivity (Wildman–Crippen MR) is 87.9 cm³/mol. The second kappa shape index (κ2) is 8.19. The van der Waals surface area contributed by atoms with Gasteiger partial charge in [-0.1, -0.05) is 30.3 Å². The molecule has 0 aliphatic heterocycles. The fourth-order valence-electron chi connectivity index (χ4n) is 1.49. The van der Waals surface area contributed by atoms with Crippen molar-refractivity contribution in [2.45, 2.75) is 4.90 Å². The van der Waals surface area contributed by atoms with Gasteiger partial charge < -0.3 is 9.47 Å². The third-order valence-electron chi connectivity index (χ3n) is 2.58. The van der Waals surface area contributed by atoms with Crippen LogP contribution in [0.2, 0.25) is 0 Å². The Kier molecular flexibility index (Phi) is 6.86. The summed E-state index contributed by atoms with van der Waals surface area (Å²) < 4.78 is 54.2. The smallest absolute Gasteiger partial charge is 0.342 e. The Morgan fingerprint density at radius 1 is 0.783 bits per heavy atom. The first kappa shape index (κ1) is 19.3. The van der Waals surface area contributed by atoms with E-state index in [1.807, 2.05) is 30.3 Å². The molecule has 0 aliphatic carbocycles. The zero-order valence-corrected chi connectivity index (χ0v) is 14.7. The molecule has 0 fully saturated rings. The molecule has 0 N–H and O–H groups in total. The highest BCUT2D eigenvalue weighted by Crippen LogP contribution is 2.28. The molecule has 0 amide bonds. The zero-order chi connectivity index (χ0) is 17.5. The SMILES string of the molecule is COc1ccccc1.COc1ccccc1S(=O)(=O)S(=O)(=O)Cl. The Hall–Kier alpha value is -1.77. The van der Waals surface area contributed by atoms with Gasteiger partial charge >= 0.3 is 8.08 Å². The molecule has 0 spiro atoms. The molecule has 2 aromatic rings. The number of methoxy groups -OCH3 is 2. The Labute approximate surface area is 139 Å². The highest BCUT2D eigenvalue weighted by molar-refractivity contribution is 8.75. The van der Waals surface area contributed by atoms with Crippen LogP contribution in [0.15, 0.2) is 59.5 Å². The first-order valence-electron chi connectivity index (χ1n) is 6.15. The maximum atomic E-state index is 11.4. The van der Waals surface area contributed by atoms with Gasteiger partial charge in [-0.25, -0.2) is 8.42 Å². The van der Waals surface area contributed by atoms with E-state index in [0.717, 1.165) is 11.8 Å². The fourth-order valence-corrected chi connectivity index (χ4v) is 4.01. The Balaban J connectivity index is 0.000000277. The third-order valence-corrected chi connectivity index (χ3v) is 7.58. The van der Waals surface area contributed by atoms with Crippen LogP contribution < -0.4 is 9.47 Å². The van der Waals surface area contributed by atoms with Gasteiger partial charge in [-0.15, -0.1) is 0 Å². The van der Waals surface area contributed by atoms with Crippen molar-refractivity contribution < 1.29 is 26.3 Å². The maximum absolute atomic E-state index is 11.4. The summed E-state index contributed by atoms with van der Waals surface area (Å²) >= 11 is 0. The molecule has 0 unspecified atom stereocenters. The van der Waals surface area contributed by atoms with Crippen molar-refractivity contribution in [2.75, 3.05) is 14.2 Å². The number of hydrogen-bond donors (Lipinski definition) is 0. The average molecular weight is 379 g/mol. The quantitative estimate of drug-likeness (QED) is 0.600. The molecule has 0 radical (unpaired) electrons. The number of benzene rings is 2. The van der Waals surface area contributed by atoms with E-state index in [-0.39, 0.29) is 5.75 Å². The van der Waals surface area contributed by atoms with Crippen molar-refractivity contribution in [3.8, 4) is 11.5 Å². The number of rotatable bonds is 4. The molecule has 2 aromatic carbocycles. The molecule has 23 heavy (non-hydrogen) atoms. The summed E-state index contributed by atoms with van der Waals surface area (Å²) in [5.74, 6) is 0.842. The van der Waals surface area contributed by atoms with Gasteiger partial charge in [-0.3, -0.25) is 0 Å². The zero-order valence-electron chi connectivity index (χ0n) is 12.3. The number of para-hydroxylation sites is 2. The summed E-state index contributed by atoms with van der Waals surface area (Å²) in [6.45, 7) is 0. The summed E-state index contributed by atoms with van der Waals surface area (Å²) in [6.07, 6.45) is 0. The van der Waals surface area contributed by atoms with Gasteiger partial charge in [0.15, 0.2) is 0 Å². The third kappa shape index (κ3) is 5.12. The molecule has 126 valence electrons. The van der Waals surface area contributed by atoms with Crippen molar-refractivity contribution in [1.82, 2.24) is 0 Å². The molecule has 0 saturated heterocycles. The van der Waals surface area contributed by atoms with Crippen LogP contribution in [0.25, 0.3) is 0 Å². The normalized spacial score (nSPS) is 11.1. The van der Waals surface area contributed by atoms with Crippen molar-refractivity contribution in [1.29, 1.82) is 0 Å². The second-order valence-corrected chi connectivity index (χ2v) is 10.6. The number of halogens is 1. The molecule has 0 bridgehead atoms. The van der Waals surface area contributed by atoms with Gasteiger partial charge in [0.2, 0.25) is 0 Å². The van der Waals surface area contributed by atoms with E-state index in [2.05, 4.69) is 0 Å². The van der Waals surface area contributed by atoms with Crippen LogP contribution >= 0.6 is 10.7 Å². The van der Waals surface area contributed by atoms with E-state index in [1.54, 1.807) is 7.11 Å². The molecule has 0 aromatic heterocycles. The van der Waals surface area contributed by atoms with Crippen molar-refractivity contribution in [3.05, 3.63) is 54.6 Å². The lowest BCUT2D eigenvalue weighted by Crippen LogP contribution is -2.10. The fraction of sp³-hybridized carbons (Fsp3) is 0.143. The number of hydrogen-bond acceptors (Lipinski definition) is 6. The van der Waals surface area contributed by atoms with E-state index in [0.29, 0.717) is 0 Å². The summed E-state index contributed by atoms with van der Waals surface area (Å²) in [7, 11) is -1.62. The summed E-state index contributed by atoms with van der Waals surface area (Å²) in [6, 6.07) is 15.0. The van der Waals surface area contributed by atoms with Gasteiger partial charge in [0, 0.05) is 10.7 Å². The Morgan fingerprint density at radius 3 is 1.74 bits per heavy atom. The van der Waals surface area contributed by atoms with Crippen LogP contribution in [0.5, 0.6) is 11.5 Å². The van der Waals surface area contributed by atoms with E-state index >= 15 is 0 Å². The van der Waals surface area contributed by atoms with Gasteiger partial charge in [-0.05, 0) is 24.3 Å². The molecule has 9 heteroatoms. The maximum Gasteiger partial charge on any atom is 0.342 e. The van der Waals surface area contributed by atoms with Crippen LogP contribution in [0.1, 0.15) is 0 Å². The minimum atomic E-state index is -4.72. The topological polar surface area (TPSA) is 86.7 Å². The minimum Gasteiger partial charge on any atom is -0.497 e. The van der Waals surface area contributed by atoms with Crippen LogP contribution in [0.3, 0.4) is 0 Å². The predicted octanol–water partition coefficient (Wildman–Crippen LogP) is 2.65. The highest BCUT2D eigenvalue weighted by atomic mass is 35.8. The van der Waals surface area contributed by atoms with E-state index in [9.17, 15) is 16.8 Å². The van der Waals surface area contributed by atoms with Gasteiger partial charge in [-0.2, -0.15) is 8.42 Å². The molecule has 0 atom stereocenters. The van der Waals surface area contributed by atoms with Crippen LogP contribution in [0, 0.1) is 0 Å². The minimum absolute atomic E-state index is 0.0678. The van der Waals surface area contributed by atoms with Crippen molar-refractivity contribution in [2.24, 2.45) is 0 Å². The molecule has 0 aliphatic rings. The first-order valence-corrected chi connectivity index (χ1v) is 10.5. The van der Waals surface area contributed by atoms with Gasteiger partial charge in [0.05, 0.1) is 14.2 Å². The molecular formula is C14H15ClO6S2. The molecule has 6 nitrogen and oxygen atoms in total. The molecule has 2 rings (SSSR count). The Morgan fingerprint density at radius 2 is 1.30 bits per heavy atom. The highest BCUT2D eigenvalue weighted by Gasteiger charge is 2.32. The molecule has 0 heterocycles. The second-order valence-electron chi connectivity index (χ2n) is 4.02. The monoisotopic (exact) mass is 378 g/mol. The lowest BCUT2D eigenvalue weighted by molar-refractivity contribution is 0.403. The van der Waals surface area contributed by atoms with Gasteiger partial charge in [0.25, 0.3) is 8.87 Å². The first-order chi connectivity index (χ1) is 10.7.